The lowest BCUT2D eigenvalue weighted by molar-refractivity contribution is -0.126. The molecule has 1 fully saturated rings. The Bertz CT molecular complexity index is 867. The predicted molar refractivity (Wildman–Crippen MR) is 98.5 cm³/mol. The van der Waals surface area contributed by atoms with Crippen LogP contribution in [0.3, 0.4) is 0 Å². The number of tetrazole rings is 1. The first-order chi connectivity index (χ1) is 12.9. The van der Waals surface area contributed by atoms with Crippen molar-refractivity contribution in [2.45, 2.75) is 44.0 Å². The summed E-state index contributed by atoms with van der Waals surface area (Å²) >= 11 is 0. The van der Waals surface area contributed by atoms with Crippen LogP contribution < -0.4 is 5.32 Å². The van der Waals surface area contributed by atoms with E-state index in [1.807, 2.05) is 13.8 Å². The topological polar surface area (TPSA) is 110 Å². The average Bonchev–Trinajstić information content (AvgIpc) is 3.23. The lowest BCUT2D eigenvalue weighted by Gasteiger charge is -2.31. The van der Waals surface area contributed by atoms with Gasteiger partial charge in [-0.05, 0) is 60.9 Å². The van der Waals surface area contributed by atoms with E-state index in [9.17, 15) is 13.2 Å². The fraction of sp³-hybridized carbons (Fsp3) is 0.529. The second-order valence-corrected chi connectivity index (χ2v) is 8.71. The van der Waals surface area contributed by atoms with Crippen LogP contribution in [0.2, 0.25) is 0 Å². The second kappa shape index (κ2) is 8.13. The standard InChI is InChI=1S/C17H24N6O3S/c1-3-13(2)19-17(24)14-5-4-10-22(11-14)27(25,26)16-8-6-15(7-9-16)23-12-18-20-21-23/h6-9,12-14H,3-5,10-11H2,1-2H3,(H,19,24)/t13-,14+/m0/s1. The van der Waals surface area contributed by atoms with Gasteiger partial charge in [-0.2, -0.15) is 4.31 Å². The molecule has 0 aliphatic carbocycles. The average molecular weight is 392 g/mol. The van der Waals surface area contributed by atoms with Gasteiger partial charge in [-0.1, -0.05) is 6.92 Å². The molecule has 2 aromatic rings. The van der Waals surface area contributed by atoms with Crippen molar-refractivity contribution >= 4 is 15.9 Å². The van der Waals surface area contributed by atoms with Gasteiger partial charge < -0.3 is 5.32 Å². The minimum absolute atomic E-state index is 0.0710. The van der Waals surface area contributed by atoms with Crippen molar-refractivity contribution in [3.63, 3.8) is 0 Å². The molecule has 1 amide bonds. The third kappa shape index (κ3) is 4.33. The Morgan fingerprint density at radius 1 is 1.33 bits per heavy atom. The number of nitrogens with one attached hydrogen (secondary N) is 1. The van der Waals surface area contributed by atoms with Crippen LogP contribution in [0.5, 0.6) is 0 Å². The van der Waals surface area contributed by atoms with E-state index in [-0.39, 0.29) is 29.3 Å². The Morgan fingerprint density at radius 2 is 2.07 bits per heavy atom. The highest BCUT2D eigenvalue weighted by Crippen LogP contribution is 2.24. The first kappa shape index (κ1) is 19.4. The molecule has 1 aromatic heterocycles. The van der Waals surface area contributed by atoms with Crippen molar-refractivity contribution in [3.8, 4) is 5.69 Å². The van der Waals surface area contributed by atoms with E-state index in [2.05, 4.69) is 20.8 Å². The normalized spacial score (nSPS) is 19.6. The SMILES string of the molecule is CC[C@H](C)NC(=O)[C@@H]1CCCN(S(=O)(=O)c2ccc(-n3cnnn3)cc2)C1. The fourth-order valence-corrected chi connectivity index (χ4v) is 4.56. The molecule has 146 valence electrons. The number of nitrogens with zero attached hydrogens (tertiary/aromatic N) is 5. The number of aromatic nitrogens is 4. The van der Waals surface area contributed by atoms with Crippen LogP contribution in [0.15, 0.2) is 35.5 Å². The highest BCUT2D eigenvalue weighted by Gasteiger charge is 2.33. The number of carbonyl (C=O) groups is 1. The molecule has 0 radical (unpaired) electrons. The van der Waals surface area contributed by atoms with Gasteiger partial charge in [0.1, 0.15) is 6.33 Å². The van der Waals surface area contributed by atoms with Crippen LogP contribution in [0.1, 0.15) is 33.1 Å². The number of sulfonamides is 1. The maximum atomic E-state index is 13.0. The highest BCUT2D eigenvalue weighted by molar-refractivity contribution is 7.89. The molecule has 9 nitrogen and oxygen atoms in total. The molecular weight excluding hydrogens is 368 g/mol. The van der Waals surface area contributed by atoms with E-state index in [4.69, 9.17) is 0 Å². The zero-order chi connectivity index (χ0) is 19.4. The number of amides is 1. The Kier molecular flexibility index (Phi) is 5.85. The van der Waals surface area contributed by atoms with Gasteiger partial charge >= 0.3 is 0 Å². The van der Waals surface area contributed by atoms with E-state index in [1.54, 1.807) is 12.1 Å². The van der Waals surface area contributed by atoms with Crippen molar-refractivity contribution in [1.82, 2.24) is 29.8 Å². The van der Waals surface area contributed by atoms with Gasteiger partial charge in [0.05, 0.1) is 16.5 Å². The van der Waals surface area contributed by atoms with Crippen LogP contribution in [0.4, 0.5) is 0 Å². The van der Waals surface area contributed by atoms with Crippen LogP contribution >= 0.6 is 0 Å². The molecule has 10 heteroatoms. The number of carbonyl (C=O) groups excluding carboxylic acids is 1. The molecule has 1 N–H and O–H groups in total. The lowest BCUT2D eigenvalue weighted by atomic mass is 9.98. The molecule has 1 aliphatic heterocycles. The van der Waals surface area contributed by atoms with Crippen molar-refractivity contribution in [3.05, 3.63) is 30.6 Å². The summed E-state index contributed by atoms with van der Waals surface area (Å²) in [7, 11) is -3.66. The molecule has 2 atom stereocenters. The molecule has 0 bridgehead atoms. The number of rotatable bonds is 6. The van der Waals surface area contributed by atoms with E-state index in [0.29, 0.717) is 25.1 Å². The molecule has 27 heavy (non-hydrogen) atoms. The third-order valence-corrected chi connectivity index (χ3v) is 6.72. The zero-order valence-electron chi connectivity index (χ0n) is 15.4. The summed E-state index contributed by atoms with van der Waals surface area (Å²) in [6.07, 6.45) is 3.65. The molecule has 1 saturated heterocycles. The summed E-state index contributed by atoms with van der Waals surface area (Å²) in [5.74, 6) is -0.388. The number of hydrogen-bond donors (Lipinski definition) is 1. The first-order valence-corrected chi connectivity index (χ1v) is 10.5. The number of piperidine rings is 1. The molecule has 0 spiro atoms. The van der Waals surface area contributed by atoms with Crippen molar-refractivity contribution in [1.29, 1.82) is 0 Å². The fourth-order valence-electron chi connectivity index (χ4n) is 3.04. The Morgan fingerprint density at radius 3 is 2.70 bits per heavy atom. The molecule has 0 saturated carbocycles. The molecule has 3 rings (SSSR count). The molecule has 2 heterocycles. The molecule has 1 aliphatic rings. The maximum Gasteiger partial charge on any atom is 0.243 e. The monoisotopic (exact) mass is 392 g/mol. The summed E-state index contributed by atoms with van der Waals surface area (Å²) in [5.41, 5.74) is 0.670. The lowest BCUT2D eigenvalue weighted by Crippen LogP contribution is -2.46. The number of hydrogen-bond acceptors (Lipinski definition) is 6. The minimum Gasteiger partial charge on any atom is -0.353 e. The molecule has 1 aromatic carbocycles. The van der Waals surface area contributed by atoms with Gasteiger partial charge in [-0.25, -0.2) is 13.1 Å². The molecule has 0 unspecified atom stereocenters. The van der Waals surface area contributed by atoms with Gasteiger partial charge in [0.15, 0.2) is 0 Å². The van der Waals surface area contributed by atoms with Crippen LogP contribution in [0.25, 0.3) is 5.69 Å². The zero-order valence-corrected chi connectivity index (χ0v) is 16.3. The highest BCUT2D eigenvalue weighted by atomic mass is 32.2. The summed E-state index contributed by atoms with van der Waals surface area (Å²) in [6, 6.07) is 6.47. The van der Waals surface area contributed by atoms with Gasteiger partial charge in [0, 0.05) is 19.1 Å². The maximum absolute atomic E-state index is 13.0. The smallest absolute Gasteiger partial charge is 0.243 e. The van der Waals surface area contributed by atoms with Crippen molar-refractivity contribution in [2.75, 3.05) is 13.1 Å². The van der Waals surface area contributed by atoms with Crippen LogP contribution in [-0.2, 0) is 14.8 Å². The van der Waals surface area contributed by atoms with E-state index < -0.39 is 10.0 Å². The molecular formula is C17H24N6O3S. The van der Waals surface area contributed by atoms with Gasteiger partial charge in [-0.3, -0.25) is 4.79 Å². The van der Waals surface area contributed by atoms with Crippen molar-refractivity contribution < 1.29 is 13.2 Å². The van der Waals surface area contributed by atoms with E-state index >= 15 is 0 Å². The number of benzene rings is 1. The second-order valence-electron chi connectivity index (χ2n) is 6.77. The Hall–Kier alpha value is -2.33. The van der Waals surface area contributed by atoms with E-state index in [1.165, 1.54) is 27.4 Å². The Labute approximate surface area is 158 Å². The summed E-state index contributed by atoms with van der Waals surface area (Å²) < 4.78 is 28.8. The minimum atomic E-state index is -3.66. The first-order valence-electron chi connectivity index (χ1n) is 9.05. The summed E-state index contributed by atoms with van der Waals surface area (Å²) in [5, 5.41) is 13.9. The largest absolute Gasteiger partial charge is 0.353 e. The van der Waals surface area contributed by atoms with E-state index in [0.717, 1.165) is 6.42 Å². The van der Waals surface area contributed by atoms with Gasteiger partial charge in [0.2, 0.25) is 15.9 Å². The Balaban J connectivity index is 1.73. The third-order valence-electron chi connectivity index (χ3n) is 4.84. The van der Waals surface area contributed by atoms with Crippen molar-refractivity contribution in [2.24, 2.45) is 5.92 Å². The van der Waals surface area contributed by atoms with Crippen LogP contribution in [-0.4, -0.2) is 58.0 Å². The summed E-state index contributed by atoms with van der Waals surface area (Å²) in [4.78, 5) is 12.6. The van der Waals surface area contributed by atoms with Gasteiger partial charge in [0.25, 0.3) is 0 Å². The quantitative estimate of drug-likeness (QED) is 0.785. The summed E-state index contributed by atoms with van der Waals surface area (Å²) in [6.45, 7) is 4.58. The van der Waals surface area contributed by atoms with Gasteiger partial charge in [-0.15, -0.1) is 5.10 Å². The van der Waals surface area contributed by atoms with Crippen LogP contribution in [0, 0.1) is 5.92 Å². The predicted octanol–water partition coefficient (Wildman–Crippen LogP) is 0.978.